The van der Waals surface area contributed by atoms with Crippen LogP contribution in [-0.2, 0) is 24.7 Å². The van der Waals surface area contributed by atoms with E-state index in [1.807, 2.05) is 85.8 Å². The molecular weight excluding hydrogens is 366 g/mol. The first-order valence-electron chi connectivity index (χ1n) is 9.44. The number of hydrogen-bond acceptors (Lipinski definition) is 4. The normalized spacial score (nSPS) is 10.9. The van der Waals surface area contributed by atoms with Crippen molar-refractivity contribution >= 4 is 17.6 Å². The number of benzene rings is 3. The highest BCUT2D eigenvalue weighted by Crippen LogP contribution is 2.35. The van der Waals surface area contributed by atoms with Crippen LogP contribution in [0.25, 0.3) is 0 Å². The van der Waals surface area contributed by atoms with Crippen molar-refractivity contribution in [3.8, 4) is 0 Å². The van der Waals surface area contributed by atoms with Crippen LogP contribution in [0.15, 0.2) is 91.0 Å². The number of carbonyl (C=O) groups is 2. The summed E-state index contributed by atoms with van der Waals surface area (Å²) in [5.74, 6) is -1.06. The number of para-hydroxylation sites is 1. The number of esters is 1. The molecule has 3 aromatic carbocycles. The number of anilines is 1. The second kappa shape index (κ2) is 9.66. The number of carbonyl (C=O) groups excluding carboxylic acids is 2. The van der Waals surface area contributed by atoms with Crippen molar-refractivity contribution in [2.45, 2.75) is 12.5 Å². The molecule has 0 aliphatic heterocycles. The van der Waals surface area contributed by atoms with Crippen LogP contribution >= 0.6 is 0 Å². The quantitative estimate of drug-likeness (QED) is 0.588. The van der Waals surface area contributed by atoms with Gasteiger partial charge in [-0.25, -0.2) is 4.79 Å². The lowest BCUT2D eigenvalue weighted by molar-refractivity contribution is -0.169. The van der Waals surface area contributed by atoms with E-state index in [2.05, 4.69) is 5.32 Å². The van der Waals surface area contributed by atoms with Crippen LogP contribution in [0.3, 0.4) is 0 Å². The first-order valence-corrected chi connectivity index (χ1v) is 9.44. The van der Waals surface area contributed by atoms with E-state index >= 15 is 0 Å². The van der Waals surface area contributed by atoms with E-state index in [4.69, 9.17) is 9.47 Å². The molecule has 1 amide bonds. The number of amides is 1. The van der Waals surface area contributed by atoms with E-state index in [-0.39, 0.29) is 6.61 Å². The maximum Gasteiger partial charge on any atom is 0.348 e. The molecule has 0 saturated heterocycles. The molecule has 0 aliphatic carbocycles. The molecule has 0 unspecified atom stereocenters. The molecule has 0 saturated carbocycles. The van der Waals surface area contributed by atoms with Crippen LogP contribution in [-0.4, -0.2) is 25.1 Å². The van der Waals surface area contributed by atoms with E-state index < -0.39 is 24.1 Å². The van der Waals surface area contributed by atoms with E-state index in [1.54, 1.807) is 12.1 Å². The lowest BCUT2D eigenvalue weighted by atomic mass is 9.86. The van der Waals surface area contributed by atoms with Gasteiger partial charge in [-0.05, 0) is 30.2 Å². The zero-order valence-corrected chi connectivity index (χ0v) is 16.2. The number of nitrogens with one attached hydrogen (secondary N) is 1. The molecule has 3 aromatic rings. The minimum atomic E-state index is -1.45. The summed E-state index contributed by atoms with van der Waals surface area (Å²) in [6.45, 7) is 1.69. The summed E-state index contributed by atoms with van der Waals surface area (Å²) in [6.07, 6.45) is 0. The first-order chi connectivity index (χ1) is 14.2. The van der Waals surface area contributed by atoms with Gasteiger partial charge in [-0.3, -0.25) is 4.79 Å². The van der Waals surface area contributed by atoms with Gasteiger partial charge < -0.3 is 14.8 Å². The molecule has 0 spiro atoms. The smallest absolute Gasteiger partial charge is 0.348 e. The largest absolute Gasteiger partial charge is 0.453 e. The topological polar surface area (TPSA) is 64.6 Å². The Hall–Kier alpha value is -3.44. The third-order valence-corrected chi connectivity index (χ3v) is 4.40. The van der Waals surface area contributed by atoms with Gasteiger partial charge in [0.25, 0.3) is 5.91 Å². The number of rotatable bonds is 8. The van der Waals surface area contributed by atoms with Crippen molar-refractivity contribution in [2.24, 2.45) is 0 Å². The van der Waals surface area contributed by atoms with Crippen LogP contribution in [0.4, 0.5) is 5.69 Å². The van der Waals surface area contributed by atoms with Crippen LogP contribution in [0.1, 0.15) is 18.1 Å². The number of ether oxygens (including phenoxy) is 2. The Morgan fingerprint density at radius 1 is 0.793 bits per heavy atom. The summed E-state index contributed by atoms with van der Waals surface area (Å²) < 4.78 is 11.4. The standard InChI is InChI=1S/C24H23NO4/c1-2-29-24(19-12-6-3-7-13-19,20-14-8-4-9-15-20)23(27)28-18-22(26)25-21-16-10-5-11-17-21/h3-17H,2,18H2,1H3,(H,25,26). The summed E-state index contributed by atoms with van der Waals surface area (Å²) in [4.78, 5) is 25.5. The van der Waals surface area contributed by atoms with Gasteiger partial charge in [0.1, 0.15) is 0 Å². The average Bonchev–Trinajstić information content (AvgIpc) is 2.78. The van der Waals surface area contributed by atoms with Crippen molar-refractivity contribution in [1.29, 1.82) is 0 Å². The Labute approximate surface area is 170 Å². The zero-order valence-electron chi connectivity index (χ0n) is 16.2. The Kier molecular flexibility index (Phi) is 6.76. The third kappa shape index (κ3) is 4.70. The van der Waals surface area contributed by atoms with Crippen molar-refractivity contribution in [2.75, 3.05) is 18.5 Å². The van der Waals surface area contributed by atoms with Crippen molar-refractivity contribution in [1.82, 2.24) is 0 Å². The molecule has 1 N–H and O–H groups in total. The SMILES string of the molecule is CCOC(C(=O)OCC(=O)Nc1ccccc1)(c1ccccc1)c1ccccc1. The van der Waals surface area contributed by atoms with Gasteiger partial charge in [0.2, 0.25) is 5.60 Å². The molecular formula is C24H23NO4. The van der Waals surface area contributed by atoms with Gasteiger partial charge in [-0.1, -0.05) is 78.9 Å². The van der Waals surface area contributed by atoms with Crippen LogP contribution in [0, 0.1) is 0 Å². The van der Waals surface area contributed by atoms with Crippen molar-refractivity contribution in [3.63, 3.8) is 0 Å². The second-order valence-corrected chi connectivity index (χ2v) is 6.34. The average molecular weight is 389 g/mol. The molecule has 3 rings (SSSR count). The first kappa shape index (κ1) is 20.3. The summed E-state index contributed by atoms with van der Waals surface area (Å²) >= 11 is 0. The minimum Gasteiger partial charge on any atom is -0.453 e. The van der Waals surface area contributed by atoms with Crippen molar-refractivity contribution in [3.05, 3.63) is 102 Å². The molecule has 0 atom stereocenters. The highest BCUT2D eigenvalue weighted by atomic mass is 16.6. The fraction of sp³-hybridized carbons (Fsp3) is 0.167. The van der Waals surface area contributed by atoms with Crippen molar-refractivity contribution < 1.29 is 19.1 Å². The monoisotopic (exact) mass is 389 g/mol. The minimum absolute atomic E-state index is 0.287. The van der Waals surface area contributed by atoms with Gasteiger partial charge in [0.15, 0.2) is 6.61 Å². The molecule has 148 valence electrons. The van der Waals surface area contributed by atoms with E-state index in [0.29, 0.717) is 16.8 Å². The van der Waals surface area contributed by atoms with Crippen LogP contribution in [0.2, 0.25) is 0 Å². The highest BCUT2D eigenvalue weighted by Gasteiger charge is 2.45. The fourth-order valence-electron chi connectivity index (χ4n) is 3.14. The van der Waals surface area contributed by atoms with Crippen LogP contribution in [0.5, 0.6) is 0 Å². The Bertz CT molecular complexity index is 887. The second-order valence-electron chi connectivity index (χ2n) is 6.34. The predicted octanol–water partition coefficient (Wildman–Crippen LogP) is 4.15. The van der Waals surface area contributed by atoms with Gasteiger partial charge in [-0.15, -0.1) is 0 Å². The molecule has 0 fully saturated rings. The molecule has 29 heavy (non-hydrogen) atoms. The molecule has 0 aliphatic rings. The van der Waals surface area contributed by atoms with E-state index in [9.17, 15) is 9.59 Å². The summed E-state index contributed by atoms with van der Waals surface area (Å²) in [5.41, 5.74) is 0.461. The summed E-state index contributed by atoms with van der Waals surface area (Å²) in [6, 6.07) is 27.3. The molecule has 0 bridgehead atoms. The summed E-state index contributed by atoms with van der Waals surface area (Å²) in [5, 5.41) is 2.70. The molecule has 0 aromatic heterocycles. The lowest BCUT2D eigenvalue weighted by Crippen LogP contribution is -2.42. The fourth-order valence-corrected chi connectivity index (χ4v) is 3.14. The van der Waals surface area contributed by atoms with E-state index in [1.165, 1.54) is 0 Å². The molecule has 5 heteroatoms. The predicted molar refractivity (Wildman–Crippen MR) is 111 cm³/mol. The maximum atomic E-state index is 13.3. The van der Waals surface area contributed by atoms with Gasteiger partial charge in [0, 0.05) is 12.3 Å². The summed E-state index contributed by atoms with van der Waals surface area (Å²) in [7, 11) is 0. The van der Waals surface area contributed by atoms with Crippen LogP contribution < -0.4 is 5.32 Å². The van der Waals surface area contributed by atoms with E-state index in [0.717, 1.165) is 0 Å². The maximum absolute atomic E-state index is 13.3. The lowest BCUT2D eigenvalue weighted by Gasteiger charge is -2.32. The zero-order chi connectivity index (χ0) is 20.5. The third-order valence-electron chi connectivity index (χ3n) is 4.40. The van der Waals surface area contributed by atoms with Gasteiger partial charge in [-0.2, -0.15) is 0 Å². The molecule has 0 heterocycles. The Morgan fingerprint density at radius 3 is 1.76 bits per heavy atom. The van der Waals surface area contributed by atoms with Gasteiger partial charge >= 0.3 is 5.97 Å². The molecule has 5 nitrogen and oxygen atoms in total. The van der Waals surface area contributed by atoms with Gasteiger partial charge in [0.05, 0.1) is 0 Å². The Morgan fingerprint density at radius 2 is 1.28 bits per heavy atom. The molecule has 0 radical (unpaired) electrons. The highest BCUT2D eigenvalue weighted by molar-refractivity contribution is 5.94. The Balaban J connectivity index is 1.85. The number of hydrogen-bond donors (Lipinski definition) is 1.